The average molecular weight is 251 g/mol. The van der Waals surface area contributed by atoms with Crippen molar-refractivity contribution in [2.24, 2.45) is 0 Å². The molecule has 0 saturated heterocycles. The summed E-state index contributed by atoms with van der Waals surface area (Å²) in [6.45, 7) is 3.03. The number of hydrogen-bond acceptors (Lipinski definition) is 4. The molecule has 0 radical (unpaired) electrons. The maximum atomic E-state index is 5.78. The fraction of sp³-hybridized carbons (Fsp3) is 0.667. The molecule has 0 amide bonds. The number of hydrogen-bond donors (Lipinski definition) is 1. The van der Waals surface area contributed by atoms with Gasteiger partial charge in [0.25, 0.3) is 0 Å². The van der Waals surface area contributed by atoms with Gasteiger partial charge >= 0.3 is 0 Å². The second-order valence-electron chi connectivity index (χ2n) is 3.12. The zero-order chi connectivity index (χ0) is 10.4. The molecular weight excluding hydrogens is 236 g/mol. The van der Waals surface area contributed by atoms with E-state index >= 15 is 0 Å². The summed E-state index contributed by atoms with van der Waals surface area (Å²) in [4.78, 5) is 4.19. The number of nitrogens with one attached hydrogen (secondary N) is 1. The zero-order valence-electron chi connectivity index (χ0n) is 8.42. The van der Waals surface area contributed by atoms with Gasteiger partial charge in [-0.2, -0.15) is 11.8 Å². The Morgan fingerprint density at radius 3 is 3.07 bits per heavy atom. The molecule has 0 bridgehead atoms. The fourth-order valence-corrected chi connectivity index (χ4v) is 2.52. The summed E-state index contributed by atoms with van der Waals surface area (Å²) in [5.41, 5.74) is 0. The van der Waals surface area contributed by atoms with Gasteiger partial charge in [-0.25, -0.2) is 4.98 Å². The van der Waals surface area contributed by atoms with Crippen LogP contribution in [0.2, 0.25) is 4.34 Å². The molecule has 1 aromatic heterocycles. The van der Waals surface area contributed by atoms with Gasteiger partial charge in [-0.15, -0.1) is 11.3 Å². The highest BCUT2D eigenvalue weighted by molar-refractivity contribution is 7.98. The van der Waals surface area contributed by atoms with Crippen molar-refractivity contribution < 1.29 is 0 Å². The number of thiazole rings is 1. The number of aromatic nitrogens is 1. The minimum absolute atomic E-state index is 0.546. The lowest BCUT2D eigenvalue weighted by molar-refractivity contribution is 0.536. The number of thioether (sulfide) groups is 1. The van der Waals surface area contributed by atoms with E-state index in [1.807, 2.05) is 11.8 Å². The van der Waals surface area contributed by atoms with Crippen LogP contribution in [0, 0.1) is 0 Å². The SMILES string of the molecule is CSCCC(C)NCc1ncc(Cl)s1. The van der Waals surface area contributed by atoms with E-state index in [4.69, 9.17) is 11.6 Å². The molecule has 0 fully saturated rings. The summed E-state index contributed by atoms with van der Waals surface area (Å²) < 4.78 is 0.763. The molecule has 1 rings (SSSR count). The van der Waals surface area contributed by atoms with Crippen molar-refractivity contribution in [3.8, 4) is 0 Å². The molecule has 80 valence electrons. The van der Waals surface area contributed by atoms with Crippen LogP contribution in [0.1, 0.15) is 18.4 Å². The average Bonchev–Trinajstić information content (AvgIpc) is 2.58. The van der Waals surface area contributed by atoms with E-state index in [9.17, 15) is 0 Å². The second-order valence-corrected chi connectivity index (χ2v) is 5.85. The molecular formula is C9H15ClN2S2. The summed E-state index contributed by atoms with van der Waals surface area (Å²) in [7, 11) is 0. The fourth-order valence-electron chi connectivity index (χ4n) is 1.03. The molecule has 0 aromatic carbocycles. The van der Waals surface area contributed by atoms with Crippen molar-refractivity contribution in [1.29, 1.82) is 0 Å². The number of rotatable bonds is 6. The summed E-state index contributed by atoms with van der Waals surface area (Å²) in [6.07, 6.45) is 5.03. The molecule has 14 heavy (non-hydrogen) atoms. The molecule has 1 unspecified atom stereocenters. The van der Waals surface area contributed by atoms with E-state index in [1.165, 1.54) is 12.2 Å². The quantitative estimate of drug-likeness (QED) is 0.840. The van der Waals surface area contributed by atoms with Crippen LogP contribution in [0.25, 0.3) is 0 Å². The van der Waals surface area contributed by atoms with Crippen LogP contribution >= 0.6 is 34.7 Å². The zero-order valence-corrected chi connectivity index (χ0v) is 10.8. The van der Waals surface area contributed by atoms with E-state index < -0.39 is 0 Å². The second kappa shape index (κ2) is 6.67. The van der Waals surface area contributed by atoms with Crippen molar-refractivity contribution >= 4 is 34.7 Å². The lowest BCUT2D eigenvalue weighted by atomic mass is 10.2. The van der Waals surface area contributed by atoms with Gasteiger partial charge in [0.05, 0.1) is 6.20 Å². The van der Waals surface area contributed by atoms with Gasteiger partial charge < -0.3 is 5.32 Å². The van der Waals surface area contributed by atoms with E-state index in [2.05, 4.69) is 23.5 Å². The maximum absolute atomic E-state index is 5.78. The van der Waals surface area contributed by atoms with Crippen LogP contribution in [-0.4, -0.2) is 23.0 Å². The van der Waals surface area contributed by atoms with E-state index in [0.717, 1.165) is 15.9 Å². The summed E-state index contributed by atoms with van der Waals surface area (Å²) in [6, 6.07) is 0.546. The Morgan fingerprint density at radius 1 is 1.71 bits per heavy atom. The monoisotopic (exact) mass is 250 g/mol. The summed E-state index contributed by atoms with van der Waals surface area (Å²) in [5, 5.41) is 4.48. The van der Waals surface area contributed by atoms with E-state index in [-0.39, 0.29) is 0 Å². The first-order chi connectivity index (χ1) is 6.72. The molecule has 1 atom stereocenters. The van der Waals surface area contributed by atoms with Gasteiger partial charge in [-0.1, -0.05) is 11.6 Å². The van der Waals surface area contributed by atoms with E-state index in [0.29, 0.717) is 6.04 Å². The van der Waals surface area contributed by atoms with Crippen molar-refractivity contribution in [1.82, 2.24) is 10.3 Å². The lowest BCUT2D eigenvalue weighted by Crippen LogP contribution is -2.25. The molecule has 0 aliphatic carbocycles. The Kier molecular flexibility index (Phi) is 5.86. The van der Waals surface area contributed by atoms with Crippen molar-refractivity contribution in [2.45, 2.75) is 25.9 Å². The van der Waals surface area contributed by atoms with Crippen molar-refractivity contribution in [3.05, 3.63) is 15.5 Å². The molecule has 0 aliphatic rings. The topological polar surface area (TPSA) is 24.9 Å². The van der Waals surface area contributed by atoms with Crippen LogP contribution in [0.3, 0.4) is 0 Å². The van der Waals surface area contributed by atoms with Gasteiger partial charge in [0.1, 0.15) is 9.34 Å². The van der Waals surface area contributed by atoms with Gasteiger partial charge in [-0.05, 0) is 25.4 Å². The smallest absolute Gasteiger partial charge is 0.113 e. The Balaban J connectivity index is 2.20. The first-order valence-electron chi connectivity index (χ1n) is 4.55. The van der Waals surface area contributed by atoms with Crippen molar-refractivity contribution in [3.63, 3.8) is 0 Å². The third-order valence-electron chi connectivity index (χ3n) is 1.88. The third kappa shape index (κ3) is 4.64. The van der Waals surface area contributed by atoms with Crippen LogP contribution in [-0.2, 0) is 6.54 Å². The molecule has 1 heterocycles. The molecule has 1 N–H and O–H groups in total. The largest absolute Gasteiger partial charge is 0.308 e. The molecule has 0 spiro atoms. The van der Waals surface area contributed by atoms with E-state index in [1.54, 1.807) is 17.5 Å². The normalized spacial score (nSPS) is 13.1. The minimum atomic E-state index is 0.546. The molecule has 0 aliphatic heterocycles. The Labute approximate surface area is 98.5 Å². The maximum Gasteiger partial charge on any atom is 0.113 e. The summed E-state index contributed by atoms with van der Waals surface area (Å²) >= 11 is 9.21. The molecule has 0 saturated carbocycles. The van der Waals surface area contributed by atoms with Crippen LogP contribution in [0.4, 0.5) is 0 Å². The first kappa shape index (κ1) is 12.3. The van der Waals surface area contributed by atoms with Gasteiger partial charge in [0, 0.05) is 12.6 Å². The van der Waals surface area contributed by atoms with Gasteiger partial charge in [0.15, 0.2) is 0 Å². The van der Waals surface area contributed by atoms with Crippen LogP contribution < -0.4 is 5.32 Å². The highest BCUT2D eigenvalue weighted by Crippen LogP contribution is 2.18. The predicted molar refractivity (Wildman–Crippen MR) is 66.4 cm³/mol. The third-order valence-corrected chi connectivity index (χ3v) is 3.64. The standard InChI is InChI=1S/C9H15ClN2S2/c1-7(3-4-13-2)11-6-9-12-5-8(10)14-9/h5,7,11H,3-4,6H2,1-2H3. The predicted octanol–water partition coefficient (Wildman–Crippen LogP) is 3.03. The van der Waals surface area contributed by atoms with Gasteiger partial charge in [0.2, 0.25) is 0 Å². The lowest BCUT2D eigenvalue weighted by Gasteiger charge is -2.11. The molecule has 1 aromatic rings. The summed E-state index contributed by atoms with van der Waals surface area (Å²) in [5.74, 6) is 1.20. The van der Waals surface area contributed by atoms with Crippen LogP contribution in [0.15, 0.2) is 6.20 Å². The highest BCUT2D eigenvalue weighted by Gasteiger charge is 2.03. The first-order valence-corrected chi connectivity index (χ1v) is 7.13. The molecule has 2 nitrogen and oxygen atoms in total. The number of halogens is 1. The Hall–Kier alpha value is 0.230. The highest BCUT2D eigenvalue weighted by atomic mass is 35.5. The van der Waals surface area contributed by atoms with Gasteiger partial charge in [-0.3, -0.25) is 0 Å². The van der Waals surface area contributed by atoms with Crippen molar-refractivity contribution in [2.75, 3.05) is 12.0 Å². The Morgan fingerprint density at radius 2 is 2.50 bits per heavy atom. The van der Waals surface area contributed by atoms with Crippen LogP contribution in [0.5, 0.6) is 0 Å². The Bertz CT molecular complexity index is 265. The molecule has 5 heteroatoms. The number of nitrogens with zero attached hydrogens (tertiary/aromatic N) is 1. The minimum Gasteiger partial charge on any atom is -0.308 e.